The van der Waals surface area contributed by atoms with Crippen molar-refractivity contribution in [2.24, 2.45) is 0 Å². The summed E-state index contributed by atoms with van der Waals surface area (Å²) in [6.07, 6.45) is 0. The monoisotopic (exact) mass is 402 g/mol. The lowest BCUT2D eigenvalue weighted by Crippen LogP contribution is -2.20. The van der Waals surface area contributed by atoms with E-state index in [-0.39, 0.29) is 18.4 Å². The molecule has 0 aromatic heterocycles. The Morgan fingerprint density at radius 3 is 2.10 bits per heavy atom. The highest BCUT2D eigenvalue weighted by atomic mass is 16.5. The first-order chi connectivity index (χ1) is 14.4. The number of ether oxygens (including phenoxy) is 1. The second-order valence-corrected chi connectivity index (χ2v) is 7.38. The standard InChI is InChI=1S/C25H26N2O3/c1-17(2)21-9-6-7-11-23(21)30-16-24(28)26-19-12-14-20(15-13-19)27-25(29)22-10-5-4-8-18(22)3/h4-15,17H,16H2,1-3H3,(H,26,28)(H,27,29). The number of aryl methyl sites for hydroxylation is 1. The molecule has 0 aliphatic heterocycles. The van der Waals surface area contributed by atoms with Gasteiger partial charge in [-0.1, -0.05) is 50.2 Å². The van der Waals surface area contributed by atoms with Gasteiger partial charge in [0.25, 0.3) is 11.8 Å². The highest BCUT2D eigenvalue weighted by Crippen LogP contribution is 2.25. The largest absolute Gasteiger partial charge is 0.483 e. The van der Waals surface area contributed by atoms with Crippen LogP contribution in [-0.4, -0.2) is 18.4 Å². The van der Waals surface area contributed by atoms with Crippen molar-refractivity contribution >= 4 is 23.2 Å². The normalized spacial score (nSPS) is 10.5. The molecule has 2 amide bonds. The van der Waals surface area contributed by atoms with Crippen LogP contribution in [0, 0.1) is 6.92 Å². The second-order valence-electron chi connectivity index (χ2n) is 7.38. The smallest absolute Gasteiger partial charge is 0.262 e. The highest BCUT2D eigenvalue weighted by Gasteiger charge is 2.11. The first kappa shape index (κ1) is 21.1. The van der Waals surface area contributed by atoms with Crippen molar-refractivity contribution in [3.8, 4) is 5.75 Å². The summed E-state index contributed by atoms with van der Waals surface area (Å²) in [6, 6.07) is 22.1. The van der Waals surface area contributed by atoms with Gasteiger partial charge in [-0.05, 0) is 60.4 Å². The third kappa shape index (κ3) is 5.47. The van der Waals surface area contributed by atoms with E-state index in [1.54, 1.807) is 30.3 Å². The van der Waals surface area contributed by atoms with Gasteiger partial charge in [0, 0.05) is 16.9 Å². The molecular weight excluding hydrogens is 376 g/mol. The van der Waals surface area contributed by atoms with Gasteiger partial charge in [-0.2, -0.15) is 0 Å². The zero-order valence-electron chi connectivity index (χ0n) is 17.4. The zero-order valence-corrected chi connectivity index (χ0v) is 17.4. The number of amides is 2. The van der Waals surface area contributed by atoms with Gasteiger partial charge in [-0.3, -0.25) is 9.59 Å². The number of rotatable bonds is 7. The van der Waals surface area contributed by atoms with Gasteiger partial charge >= 0.3 is 0 Å². The highest BCUT2D eigenvalue weighted by molar-refractivity contribution is 6.05. The maximum Gasteiger partial charge on any atom is 0.262 e. The Morgan fingerprint density at radius 1 is 0.833 bits per heavy atom. The van der Waals surface area contributed by atoms with E-state index in [1.807, 2.05) is 49.4 Å². The molecule has 0 saturated heterocycles. The molecule has 0 fully saturated rings. The minimum Gasteiger partial charge on any atom is -0.483 e. The first-order valence-electron chi connectivity index (χ1n) is 9.92. The van der Waals surface area contributed by atoms with Crippen molar-refractivity contribution in [2.45, 2.75) is 26.7 Å². The molecular formula is C25H26N2O3. The van der Waals surface area contributed by atoms with Crippen molar-refractivity contribution in [1.29, 1.82) is 0 Å². The van der Waals surface area contributed by atoms with Crippen LogP contribution >= 0.6 is 0 Å². The van der Waals surface area contributed by atoms with Crippen molar-refractivity contribution in [3.05, 3.63) is 89.5 Å². The minimum absolute atomic E-state index is 0.0739. The Balaban J connectivity index is 1.55. The van der Waals surface area contributed by atoms with E-state index >= 15 is 0 Å². The molecule has 3 rings (SSSR count). The fourth-order valence-electron chi connectivity index (χ4n) is 3.09. The molecule has 3 aromatic carbocycles. The molecule has 2 N–H and O–H groups in total. The molecule has 0 atom stereocenters. The molecule has 0 aliphatic carbocycles. The fraction of sp³-hybridized carbons (Fsp3) is 0.200. The van der Waals surface area contributed by atoms with Gasteiger partial charge in [-0.15, -0.1) is 0 Å². The average molecular weight is 402 g/mol. The van der Waals surface area contributed by atoms with Crippen molar-refractivity contribution in [1.82, 2.24) is 0 Å². The summed E-state index contributed by atoms with van der Waals surface area (Å²) in [5.74, 6) is 0.621. The van der Waals surface area contributed by atoms with E-state index in [1.165, 1.54) is 0 Å². The topological polar surface area (TPSA) is 67.4 Å². The van der Waals surface area contributed by atoms with E-state index in [0.717, 1.165) is 16.9 Å². The number of hydrogen-bond donors (Lipinski definition) is 2. The van der Waals surface area contributed by atoms with E-state index in [2.05, 4.69) is 24.5 Å². The van der Waals surface area contributed by atoms with Gasteiger partial charge in [0.05, 0.1) is 0 Å². The number of anilines is 2. The predicted molar refractivity (Wildman–Crippen MR) is 120 cm³/mol. The van der Waals surface area contributed by atoms with Gasteiger partial charge in [-0.25, -0.2) is 0 Å². The number of nitrogens with one attached hydrogen (secondary N) is 2. The van der Waals surface area contributed by atoms with Crippen LogP contribution < -0.4 is 15.4 Å². The van der Waals surface area contributed by atoms with E-state index < -0.39 is 0 Å². The molecule has 154 valence electrons. The lowest BCUT2D eigenvalue weighted by molar-refractivity contribution is -0.118. The van der Waals surface area contributed by atoms with Gasteiger partial charge in [0.1, 0.15) is 5.75 Å². The van der Waals surface area contributed by atoms with Crippen LogP contribution in [0.5, 0.6) is 5.75 Å². The summed E-state index contributed by atoms with van der Waals surface area (Å²) in [5, 5.41) is 5.67. The number of carbonyl (C=O) groups is 2. The Hall–Kier alpha value is -3.60. The molecule has 0 radical (unpaired) electrons. The van der Waals surface area contributed by atoms with Crippen LogP contribution in [0.1, 0.15) is 41.3 Å². The van der Waals surface area contributed by atoms with Gasteiger partial charge in [0.15, 0.2) is 6.61 Å². The lowest BCUT2D eigenvalue weighted by atomic mass is 10.0. The van der Waals surface area contributed by atoms with Gasteiger partial charge in [0.2, 0.25) is 0 Å². The molecule has 0 spiro atoms. The van der Waals surface area contributed by atoms with Crippen molar-refractivity contribution in [3.63, 3.8) is 0 Å². The third-order valence-corrected chi connectivity index (χ3v) is 4.72. The quantitative estimate of drug-likeness (QED) is 0.557. The number of carbonyl (C=O) groups excluding carboxylic acids is 2. The van der Waals surface area contributed by atoms with Crippen LogP contribution in [0.15, 0.2) is 72.8 Å². The van der Waals surface area contributed by atoms with Crippen LogP contribution in [0.2, 0.25) is 0 Å². The summed E-state index contributed by atoms with van der Waals surface area (Å²) in [4.78, 5) is 24.6. The fourth-order valence-corrected chi connectivity index (χ4v) is 3.09. The number of hydrogen-bond acceptors (Lipinski definition) is 3. The molecule has 3 aromatic rings. The number of benzene rings is 3. The van der Waals surface area contributed by atoms with Crippen LogP contribution in [-0.2, 0) is 4.79 Å². The molecule has 30 heavy (non-hydrogen) atoms. The summed E-state index contributed by atoms with van der Waals surface area (Å²) in [6.45, 7) is 5.99. The molecule has 0 bridgehead atoms. The van der Waals surface area contributed by atoms with Crippen LogP contribution in [0.3, 0.4) is 0 Å². The first-order valence-corrected chi connectivity index (χ1v) is 9.92. The summed E-state index contributed by atoms with van der Waals surface area (Å²) in [5.41, 5.74) is 3.91. The second kappa shape index (κ2) is 9.74. The molecule has 0 aliphatic rings. The Bertz CT molecular complexity index is 1030. The maximum atomic E-state index is 12.4. The number of para-hydroxylation sites is 1. The molecule has 0 unspecified atom stereocenters. The molecule has 0 heterocycles. The van der Waals surface area contributed by atoms with Crippen LogP contribution in [0.4, 0.5) is 11.4 Å². The predicted octanol–water partition coefficient (Wildman–Crippen LogP) is 5.39. The van der Waals surface area contributed by atoms with E-state index in [9.17, 15) is 9.59 Å². The van der Waals surface area contributed by atoms with E-state index in [0.29, 0.717) is 22.9 Å². The van der Waals surface area contributed by atoms with Crippen molar-refractivity contribution in [2.75, 3.05) is 17.2 Å². The Morgan fingerprint density at radius 2 is 1.43 bits per heavy atom. The summed E-state index contributed by atoms with van der Waals surface area (Å²) < 4.78 is 5.70. The zero-order chi connectivity index (χ0) is 21.5. The Labute approximate surface area is 177 Å². The van der Waals surface area contributed by atoms with E-state index in [4.69, 9.17) is 4.74 Å². The third-order valence-electron chi connectivity index (χ3n) is 4.72. The van der Waals surface area contributed by atoms with Crippen molar-refractivity contribution < 1.29 is 14.3 Å². The molecule has 0 saturated carbocycles. The maximum absolute atomic E-state index is 12.4. The minimum atomic E-state index is -0.245. The molecule has 5 heteroatoms. The summed E-state index contributed by atoms with van der Waals surface area (Å²) >= 11 is 0. The Kier molecular flexibility index (Phi) is 6.86. The average Bonchev–Trinajstić information content (AvgIpc) is 2.74. The lowest BCUT2D eigenvalue weighted by Gasteiger charge is -2.14. The van der Waals surface area contributed by atoms with Crippen LogP contribution in [0.25, 0.3) is 0 Å². The van der Waals surface area contributed by atoms with Gasteiger partial charge < -0.3 is 15.4 Å². The molecule has 5 nitrogen and oxygen atoms in total. The SMILES string of the molecule is Cc1ccccc1C(=O)Nc1ccc(NC(=O)COc2ccccc2C(C)C)cc1. The summed E-state index contributed by atoms with van der Waals surface area (Å²) in [7, 11) is 0.